The number of benzene rings is 2. The molecule has 2 N–H and O–H groups in total. The first-order valence-electron chi connectivity index (χ1n) is 9.80. The van der Waals surface area contributed by atoms with Crippen LogP contribution in [0.4, 0.5) is 4.39 Å². The van der Waals surface area contributed by atoms with Crippen LogP contribution in [0.3, 0.4) is 0 Å². The highest BCUT2D eigenvalue weighted by atomic mass is 19.1. The Labute approximate surface area is 168 Å². The quantitative estimate of drug-likeness (QED) is 0.678. The molecule has 1 amide bonds. The van der Waals surface area contributed by atoms with E-state index in [1.165, 1.54) is 17.0 Å². The molecule has 2 heterocycles. The molecule has 150 valence electrons. The summed E-state index contributed by atoms with van der Waals surface area (Å²) in [6.45, 7) is 3.74. The van der Waals surface area contributed by atoms with Crippen molar-refractivity contribution in [2.45, 2.75) is 0 Å². The van der Waals surface area contributed by atoms with Crippen molar-refractivity contribution in [3.8, 4) is 16.9 Å². The van der Waals surface area contributed by atoms with E-state index < -0.39 is 0 Å². The Kier molecular flexibility index (Phi) is 5.69. The number of rotatable bonds is 5. The van der Waals surface area contributed by atoms with E-state index in [-0.39, 0.29) is 18.3 Å². The van der Waals surface area contributed by atoms with Crippen molar-refractivity contribution < 1.29 is 19.2 Å². The maximum Gasteiger partial charge on any atom is 0.258 e. The van der Waals surface area contributed by atoms with Crippen LogP contribution >= 0.6 is 0 Å². The molecule has 1 fully saturated rings. The normalized spacial score (nSPS) is 14.9. The number of piperazine rings is 1. The summed E-state index contributed by atoms with van der Waals surface area (Å²) in [5.41, 5.74) is 2.61. The van der Waals surface area contributed by atoms with Gasteiger partial charge in [-0.05, 0) is 36.4 Å². The molecule has 0 radical (unpaired) electrons. The van der Waals surface area contributed by atoms with Gasteiger partial charge in [0.1, 0.15) is 18.1 Å². The van der Waals surface area contributed by atoms with Gasteiger partial charge < -0.3 is 14.9 Å². The van der Waals surface area contributed by atoms with Gasteiger partial charge in [-0.2, -0.15) is 5.10 Å². The number of halogens is 1. The molecule has 1 aromatic heterocycles. The molecule has 2 aromatic carbocycles. The number of nitrogens with one attached hydrogen (secondary N) is 1. The Morgan fingerprint density at radius 2 is 1.76 bits per heavy atom. The fourth-order valence-corrected chi connectivity index (χ4v) is 3.67. The van der Waals surface area contributed by atoms with E-state index in [2.05, 4.69) is 5.10 Å². The van der Waals surface area contributed by atoms with Crippen LogP contribution in [0.5, 0.6) is 0 Å². The number of carbonyl (C=O) groups excluding carboxylic acids is 1. The van der Waals surface area contributed by atoms with E-state index in [9.17, 15) is 9.18 Å². The van der Waals surface area contributed by atoms with E-state index in [1.807, 2.05) is 35.2 Å². The molecule has 0 aliphatic carbocycles. The van der Waals surface area contributed by atoms with Gasteiger partial charge in [0.15, 0.2) is 0 Å². The molecular weight excluding hydrogens is 371 g/mol. The minimum absolute atomic E-state index is 0.0745. The fourth-order valence-electron chi connectivity index (χ4n) is 3.67. The summed E-state index contributed by atoms with van der Waals surface area (Å²) in [7, 11) is 0. The molecule has 7 heteroatoms. The minimum Gasteiger partial charge on any atom is -0.391 e. The minimum atomic E-state index is -0.327. The number of hydrogen-bond donors (Lipinski definition) is 2. The van der Waals surface area contributed by atoms with Crippen LogP contribution in [0.1, 0.15) is 10.4 Å². The lowest BCUT2D eigenvalue weighted by Gasteiger charge is -2.31. The lowest BCUT2D eigenvalue weighted by atomic mass is 10.1. The lowest BCUT2D eigenvalue weighted by Crippen LogP contribution is -3.15. The van der Waals surface area contributed by atoms with E-state index in [1.54, 1.807) is 23.0 Å². The number of nitrogens with zero attached hydrogens (tertiary/aromatic N) is 3. The van der Waals surface area contributed by atoms with Crippen LogP contribution in [0.2, 0.25) is 0 Å². The molecule has 0 saturated carbocycles. The second kappa shape index (κ2) is 8.55. The number of aliphatic hydroxyl groups is 1. The predicted octanol–water partition coefficient (Wildman–Crippen LogP) is 1.01. The second-order valence-corrected chi connectivity index (χ2v) is 7.19. The summed E-state index contributed by atoms with van der Waals surface area (Å²) < 4.78 is 15.1. The average molecular weight is 395 g/mol. The van der Waals surface area contributed by atoms with Gasteiger partial charge in [-0.1, -0.05) is 18.2 Å². The third-order valence-corrected chi connectivity index (χ3v) is 5.31. The van der Waals surface area contributed by atoms with E-state index in [0.29, 0.717) is 36.5 Å². The van der Waals surface area contributed by atoms with Gasteiger partial charge in [0.2, 0.25) is 0 Å². The summed E-state index contributed by atoms with van der Waals surface area (Å²) in [5.74, 6) is -0.401. The number of amides is 1. The monoisotopic (exact) mass is 395 g/mol. The number of carbonyl (C=O) groups is 1. The standard InChI is InChI=1S/C22H23FN4O2/c23-18-8-6-17(7-9-18)21-20(16-27(24-21)19-4-2-1-3-5-19)22(29)26-12-10-25(11-13-26)14-15-28/h1-9,16,28H,10-15H2/p+1. The van der Waals surface area contributed by atoms with E-state index in [4.69, 9.17) is 5.11 Å². The van der Waals surface area contributed by atoms with Gasteiger partial charge in [-0.25, -0.2) is 9.07 Å². The average Bonchev–Trinajstić information content (AvgIpc) is 3.21. The Bertz CT molecular complexity index is 964. The van der Waals surface area contributed by atoms with Gasteiger partial charge in [0.05, 0.1) is 44.0 Å². The highest BCUT2D eigenvalue weighted by Gasteiger charge is 2.28. The van der Waals surface area contributed by atoms with Crippen LogP contribution in [0.15, 0.2) is 60.8 Å². The molecule has 0 spiro atoms. The van der Waals surface area contributed by atoms with Crippen molar-refractivity contribution in [3.05, 3.63) is 72.2 Å². The molecule has 1 aliphatic heterocycles. The van der Waals surface area contributed by atoms with Crippen LogP contribution in [0.25, 0.3) is 16.9 Å². The van der Waals surface area contributed by atoms with E-state index >= 15 is 0 Å². The summed E-state index contributed by atoms with van der Waals surface area (Å²) in [6.07, 6.45) is 1.75. The molecule has 0 unspecified atom stereocenters. The van der Waals surface area contributed by atoms with Gasteiger partial charge in [0, 0.05) is 11.8 Å². The molecule has 4 rings (SSSR count). The number of para-hydroxylation sites is 1. The molecule has 29 heavy (non-hydrogen) atoms. The molecular formula is C22H24FN4O2+. The first-order chi connectivity index (χ1) is 14.2. The molecule has 6 nitrogen and oxygen atoms in total. The SMILES string of the molecule is O=C(c1cn(-c2ccccc2)nc1-c1ccc(F)cc1)N1CC[NH+](CCO)CC1. The Balaban J connectivity index is 1.67. The fraction of sp³-hybridized carbons (Fsp3) is 0.273. The third-order valence-electron chi connectivity index (χ3n) is 5.31. The maximum atomic E-state index is 13.4. The Hall–Kier alpha value is -3.03. The first-order valence-corrected chi connectivity index (χ1v) is 9.80. The smallest absolute Gasteiger partial charge is 0.258 e. The number of quaternary nitrogens is 1. The second-order valence-electron chi connectivity index (χ2n) is 7.19. The summed E-state index contributed by atoms with van der Waals surface area (Å²) >= 11 is 0. The predicted molar refractivity (Wildman–Crippen MR) is 108 cm³/mol. The molecule has 1 aliphatic rings. The number of hydrogen-bond acceptors (Lipinski definition) is 3. The van der Waals surface area contributed by atoms with Gasteiger partial charge in [0.25, 0.3) is 5.91 Å². The van der Waals surface area contributed by atoms with Gasteiger partial charge in [-0.15, -0.1) is 0 Å². The van der Waals surface area contributed by atoms with Crippen LogP contribution in [0, 0.1) is 5.82 Å². The highest BCUT2D eigenvalue weighted by Crippen LogP contribution is 2.25. The summed E-state index contributed by atoms with van der Waals surface area (Å²) in [5, 5.41) is 13.8. The molecule has 1 saturated heterocycles. The topological polar surface area (TPSA) is 62.8 Å². The van der Waals surface area contributed by atoms with Crippen molar-refractivity contribution in [2.75, 3.05) is 39.3 Å². The first kappa shape index (κ1) is 19.3. The van der Waals surface area contributed by atoms with Crippen molar-refractivity contribution in [1.82, 2.24) is 14.7 Å². The number of aromatic nitrogens is 2. The maximum absolute atomic E-state index is 13.4. The Morgan fingerprint density at radius 3 is 2.41 bits per heavy atom. The molecule has 3 aromatic rings. The molecule has 0 bridgehead atoms. The zero-order valence-electron chi connectivity index (χ0n) is 16.1. The van der Waals surface area contributed by atoms with Crippen molar-refractivity contribution in [1.29, 1.82) is 0 Å². The van der Waals surface area contributed by atoms with Crippen LogP contribution < -0.4 is 4.90 Å². The van der Waals surface area contributed by atoms with Crippen molar-refractivity contribution in [2.24, 2.45) is 0 Å². The summed E-state index contributed by atoms with van der Waals surface area (Å²) in [4.78, 5) is 16.4. The van der Waals surface area contributed by atoms with Crippen molar-refractivity contribution >= 4 is 5.91 Å². The third kappa shape index (κ3) is 4.21. The Morgan fingerprint density at radius 1 is 1.07 bits per heavy atom. The largest absolute Gasteiger partial charge is 0.391 e. The zero-order valence-corrected chi connectivity index (χ0v) is 16.1. The number of aliphatic hydroxyl groups excluding tert-OH is 1. The molecule has 0 atom stereocenters. The zero-order chi connectivity index (χ0) is 20.2. The highest BCUT2D eigenvalue weighted by molar-refractivity contribution is 6.00. The van der Waals surface area contributed by atoms with E-state index in [0.717, 1.165) is 18.8 Å². The lowest BCUT2D eigenvalue weighted by molar-refractivity contribution is -0.904. The van der Waals surface area contributed by atoms with Gasteiger partial charge >= 0.3 is 0 Å². The van der Waals surface area contributed by atoms with Crippen LogP contribution in [-0.4, -0.2) is 65.0 Å². The van der Waals surface area contributed by atoms with Crippen LogP contribution in [-0.2, 0) is 0 Å². The summed E-state index contributed by atoms with van der Waals surface area (Å²) in [6, 6.07) is 15.6. The van der Waals surface area contributed by atoms with Gasteiger partial charge in [-0.3, -0.25) is 4.79 Å². The van der Waals surface area contributed by atoms with Crippen molar-refractivity contribution in [3.63, 3.8) is 0 Å².